The van der Waals surface area contributed by atoms with Gasteiger partial charge in [0.2, 0.25) is 0 Å². The van der Waals surface area contributed by atoms with Crippen LogP contribution < -0.4 is 10.6 Å². The number of rotatable bonds is 4. The molecule has 0 aliphatic heterocycles. The fraction of sp³-hybridized carbons (Fsp3) is 0.167. The molecule has 2 aromatic heterocycles. The van der Waals surface area contributed by atoms with Crippen LogP contribution in [0.4, 0.5) is 17.2 Å². The summed E-state index contributed by atoms with van der Waals surface area (Å²) in [4.78, 5) is 16.6. The summed E-state index contributed by atoms with van der Waals surface area (Å²) >= 11 is 0. The van der Waals surface area contributed by atoms with E-state index in [4.69, 9.17) is 4.52 Å². The van der Waals surface area contributed by atoms with E-state index in [1.165, 1.54) is 0 Å². The van der Waals surface area contributed by atoms with Crippen LogP contribution in [-0.2, 0) is 0 Å². The molecule has 0 fully saturated rings. The van der Waals surface area contributed by atoms with Crippen LogP contribution in [0.3, 0.4) is 0 Å². The van der Waals surface area contributed by atoms with Gasteiger partial charge in [-0.25, -0.2) is 0 Å². The summed E-state index contributed by atoms with van der Waals surface area (Å²) in [5.41, 5.74) is 3.90. The third-order valence-electron chi connectivity index (χ3n) is 3.53. The van der Waals surface area contributed by atoms with Gasteiger partial charge in [-0.1, -0.05) is 17.3 Å². The van der Waals surface area contributed by atoms with Crippen molar-refractivity contribution >= 4 is 23.1 Å². The molecule has 2 heterocycles. The van der Waals surface area contributed by atoms with Gasteiger partial charge in [0.05, 0.1) is 0 Å². The smallest absolute Gasteiger partial charge is 0.274 e. The molecule has 3 aromatic rings. The molecule has 0 aliphatic rings. The molecule has 0 aliphatic carbocycles. The highest BCUT2D eigenvalue weighted by molar-refractivity contribution is 6.03. The lowest BCUT2D eigenvalue weighted by Crippen LogP contribution is -2.14. The standard InChI is InChI=1S/C18H18N4O2/c1-11-4-5-12(2)15(8-11)21-18(23)16-10-14(6-7-19-16)20-17-9-13(3)24-22-17/h4-10H,1-3H3,(H,21,23)(H,19,20,22). The summed E-state index contributed by atoms with van der Waals surface area (Å²) in [6.07, 6.45) is 1.58. The fourth-order valence-corrected chi connectivity index (χ4v) is 2.26. The van der Waals surface area contributed by atoms with Gasteiger partial charge in [0.1, 0.15) is 11.5 Å². The molecule has 0 saturated heterocycles. The molecular formula is C18H18N4O2. The zero-order valence-electron chi connectivity index (χ0n) is 13.8. The molecule has 0 saturated carbocycles. The largest absolute Gasteiger partial charge is 0.360 e. The number of pyridine rings is 1. The highest BCUT2D eigenvalue weighted by Crippen LogP contribution is 2.19. The first kappa shape index (κ1) is 15.7. The Morgan fingerprint density at radius 3 is 2.67 bits per heavy atom. The van der Waals surface area contributed by atoms with E-state index in [1.54, 1.807) is 24.4 Å². The number of anilines is 3. The highest BCUT2D eigenvalue weighted by atomic mass is 16.5. The van der Waals surface area contributed by atoms with Gasteiger partial charge in [-0.15, -0.1) is 0 Å². The Morgan fingerprint density at radius 2 is 1.92 bits per heavy atom. The Kier molecular flexibility index (Phi) is 4.29. The van der Waals surface area contributed by atoms with E-state index in [9.17, 15) is 4.79 Å². The number of hydrogen-bond acceptors (Lipinski definition) is 5. The number of nitrogens with zero attached hydrogens (tertiary/aromatic N) is 2. The van der Waals surface area contributed by atoms with Crippen molar-refractivity contribution < 1.29 is 9.32 Å². The minimum Gasteiger partial charge on any atom is -0.360 e. The average molecular weight is 322 g/mol. The van der Waals surface area contributed by atoms with Crippen molar-refractivity contribution in [1.29, 1.82) is 0 Å². The van der Waals surface area contributed by atoms with E-state index in [2.05, 4.69) is 20.8 Å². The maximum Gasteiger partial charge on any atom is 0.274 e. The lowest BCUT2D eigenvalue weighted by atomic mass is 10.1. The molecule has 6 heteroatoms. The first-order valence-corrected chi connectivity index (χ1v) is 7.56. The minimum absolute atomic E-state index is 0.260. The predicted octanol–water partition coefficient (Wildman–Crippen LogP) is 3.99. The molecule has 0 bridgehead atoms. The van der Waals surface area contributed by atoms with Crippen molar-refractivity contribution in [3.05, 3.63) is 65.2 Å². The van der Waals surface area contributed by atoms with Gasteiger partial charge in [-0.2, -0.15) is 0 Å². The monoisotopic (exact) mass is 322 g/mol. The summed E-state index contributed by atoms with van der Waals surface area (Å²) in [5.74, 6) is 1.03. The Bertz CT molecular complexity index is 886. The molecule has 0 unspecified atom stereocenters. The van der Waals surface area contributed by atoms with Crippen molar-refractivity contribution in [1.82, 2.24) is 10.1 Å². The summed E-state index contributed by atoms with van der Waals surface area (Å²) in [6, 6.07) is 11.1. The third kappa shape index (κ3) is 3.60. The maximum absolute atomic E-state index is 12.5. The number of nitrogens with one attached hydrogen (secondary N) is 2. The van der Waals surface area contributed by atoms with Crippen molar-refractivity contribution in [2.75, 3.05) is 10.6 Å². The SMILES string of the molecule is Cc1ccc(C)c(NC(=O)c2cc(Nc3cc(C)on3)ccn2)c1. The van der Waals surface area contributed by atoms with Gasteiger partial charge in [0.25, 0.3) is 5.91 Å². The molecule has 3 rings (SSSR count). The number of aryl methyl sites for hydroxylation is 3. The number of aromatic nitrogens is 2. The van der Waals surface area contributed by atoms with E-state index in [-0.39, 0.29) is 5.91 Å². The second-order valence-corrected chi connectivity index (χ2v) is 5.65. The lowest BCUT2D eigenvalue weighted by Gasteiger charge is -2.10. The molecule has 6 nitrogen and oxygen atoms in total. The van der Waals surface area contributed by atoms with Crippen LogP contribution in [0.25, 0.3) is 0 Å². The van der Waals surface area contributed by atoms with Crippen LogP contribution >= 0.6 is 0 Å². The normalized spacial score (nSPS) is 10.5. The van der Waals surface area contributed by atoms with E-state index < -0.39 is 0 Å². The second-order valence-electron chi connectivity index (χ2n) is 5.65. The number of benzene rings is 1. The van der Waals surface area contributed by atoms with E-state index in [1.807, 2.05) is 39.0 Å². The van der Waals surface area contributed by atoms with Gasteiger partial charge >= 0.3 is 0 Å². The number of carbonyl (C=O) groups is 1. The molecule has 0 radical (unpaired) electrons. The Morgan fingerprint density at radius 1 is 1.08 bits per heavy atom. The Labute approximate surface area is 139 Å². The van der Waals surface area contributed by atoms with Crippen molar-refractivity contribution in [3.63, 3.8) is 0 Å². The van der Waals surface area contributed by atoms with Crippen molar-refractivity contribution in [2.24, 2.45) is 0 Å². The van der Waals surface area contributed by atoms with E-state index >= 15 is 0 Å². The molecule has 0 spiro atoms. The van der Waals surface area contributed by atoms with Crippen LogP contribution in [0.1, 0.15) is 27.4 Å². The summed E-state index contributed by atoms with van der Waals surface area (Å²) in [7, 11) is 0. The quantitative estimate of drug-likeness (QED) is 0.759. The van der Waals surface area contributed by atoms with E-state index in [0.717, 1.165) is 16.8 Å². The topological polar surface area (TPSA) is 80.0 Å². The molecule has 0 atom stereocenters. The van der Waals surface area contributed by atoms with Crippen LogP contribution in [-0.4, -0.2) is 16.0 Å². The van der Waals surface area contributed by atoms with Crippen LogP contribution in [0.5, 0.6) is 0 Å². The van der Waals surface area contributed by atoms with Gasteiger partial charge in [-0.05, 0) is 50.1 Å². The molecule has 1 amide bonds. The van der Waals surface area contributed by atoms with E-state index in [0.29, 0.717) is 23.0 Å². The molecule has 2 N–H and O–H groups in total. The first-order valence-electron chi connectivity index (χ1n) is 7.56. The van der Waals surface area contributed by atoms with Gasteiger partial charge in [0, 0.05) is 23.6 Å². The van der Waals surface area contributed by atoms with Crippen LogP contribution in [0, 0.1) is 20.8 Å². The van der Waals surface area contributed by atoms with Crippen molar-refractivity contribution in [2.45, 2.75) is 20.8 Å². The molecule has 1 aromatic carbocycles. The average Bonchev–Trinajstić information content (AvgIpc) is 2.96. The molecule has 122 valence electrons. The van der Waals surface area contributed by atoms with Gasteiger partial charge < -0.3 is 15.2 Å². The van der Waals surface area contributed by atoms with Crippen LogP contribution in [0.15, 0.2) is 47.1 Å². The number of amides is 1. The molecular weight excluding hydrogens is 304 g/mol. The summed E-state index contributed by atoms with van der Waals surface area (Å²) in [6.45, 7) is 5.75. The molecule has 24 heavy (non-hydrogen) atoms. The number of hydrogen-bond donors (Lipinski definition) is 2. The zero-order chi connectivity index (χ0) is 17.1. The highest BCUT2D eigenvalue weighted by Gasteiger charge is 2.11. The van der Waals surface area contributed by atoms with Crippen molar-refractivity contribution in [3.8, 4) is 0 Å². The maximum atomic E-state index is 12.5. The zero-order valence-corrected chi connectivity index (χ0v) is 13.8. The van der Waals surface area contributed by atoms with Crippen LogP contribution in [0.2, 0.25) is 0 Å². The van der Waals surface area contributed by atoms with Gasteiger partial charge in [-0.3, -0.25) is 9.78 Å². The predicted molar refractivity (Wildman–Crippen MR) is 92.6 cm³/mol. The second kappa shape index (κ2) is 6.54. The van der Waals surface area contributed by atoms with Gasteiger partial charge in [0.15, 0.2) is 5.82 Å². The number of carbonyl (C=O) groups excluding carboxylic acids is 1. The Balaban J connectivity index is 1.77. The summed E-state index contributed by atoms with van der Waals surface area (Å²) in [5, 5.41) is 9.85. The third-order valence-corrected chi connectivity index (χ3v) is 3.53. The summed E-state index contributed by atoms with van der Waals surface area (Å²) < 4.78 is 5.01. The minimum atomic E-state index is -0.260. The lowest BCUT2D eigenvalue weighted by molar-refractivity contribution is 0.102. The first-order chi connectivity index (χ1) is 11.5. The fourth-order valence-electron chi connectivity index (χ4n) is 2.26. The Hall–Kier alpha value is -3.15.